The molecule has 2 rings (SSSR count). The van der Waals surface area contributed by atoms with E-state index in [1.54, 1.807) is 12.4 Å². The van der Waals surface area contributed by atoms with Crippen LogP contribution in [0.5, 0.6) is 0 Å². The number of rotatable bonds is 6. The van der Waals surface area contributed by atoms with Crippen LogP contribution in [0.3, 0.4) is 0 Å². The van der Waals surface area contributed by atoms with E-state index < -0.39 is 0 Å². The lowest BCUT2D eigenvalue weighted by Gasteiger charge is -2.22. The molecule has 2 aromatic heterocycles. The van der Waals surface area contributed by atoms with E-state index in [-0.39, 0.29) is 17.9 Å². The topological polar surface area (TPSA) is 59.8 Å². The van der Waals surface area contributed by atoms with Crippen molar-refractivity contribution >= 4 is 5.91 Å². The molecular formula is C16H22N4O. The molecule has 0 bridgehead atoms. The molecular weight excluding hydrogens is 264 g/mol. The minimum absolute atomic E-state index is 0.0300. The second-order valence-electron chi connectivity index (χ2n) is 5.51. The number of nitrogens with zero attached hydrogens (tertiary/aromatic N) is 3. The van der Waals surface area contributed by atoms with Gasteiger partial charge < -0.3 is 9.88 Å². The van der Waals surface area contributed by atoms with Crippen LogP contribution in [0.2, 0.25) is 0 Å². The molecule has 1 N–H and O–H groups in total. The number of nitrogens with one attached hydrogen (secondary N) is 1. The van der Waals surface area contributed by atoms with Crippen LogP contribution in [0.25, 0.3) is 0 Å². The zero-order valence-corrected chi connectivity index (χ0v) is 12.8. The molecule has 0 aliphatic carbocycles. The standard InChI is InChI=1S/C16H22N4O/c1-12(2)15(16-18-10-11-20(16)3)19-14(21)8-7-13-6-4-5-9-17-13/h4-6,9-12,15H,7-8H2,1-3H3,(H,19,21)/t15-/m1/s1. The summed E-state index contributed by atoms with van der Waals surface area (Å²) in [7, 11) is 1.94. The molecule has 5 heteroatoms. The Labute approximate surface area is 125 Å². The summed E-state index contributed by atoms with van der Waals surface area (Å²) in [4.78, 5) is 20.7. The lowest BCUT2D eigenvalue weighted by atomic mass is 10.0. The summed E-state index contributed by atoms with van der Waals surface area (Å²) in [5, 5.41) is 3.08. The molecule has 0 unspecified atom stereocenters. The molecule has 0 aromatic carbocycles. The van der Waals surface area contributed by atoms with Gasteiger partial charge in [-0.15, -0.1) is 0 Å². The summed E-state index contributed by atoms with van der Waals surface area (Å²) < 4.78 is 1.95. The van der Waals surface area contributed by atoms with Crippen LogP contribution in [0.15, 0.2) is 36.8 Å². The normalized spacial score (nSPS) is 12.4. The molecule has 0 saturated carbocycles. The van der Waals surface area contributed by atoms with Crippen molar-refractivity contribution in [2.75, 3.05) is 0 Å². The molecule has 0 fully saturated rings. The summed E-state index contributed by atoms with van der Waals surface area (Å²) in [6.07, 6.45) is 6.48. The van der Waals surface area contributed by atoms with Crippen molar-refractivity contribution in [2.45, 2.75) is 32.7 Å². The van der Waals surface area contributed by atoms with E-state index in [9.17, 15) is 4.79 Å². The predicted octanol–water partition coefficient (Wildman–Crippen LogP) is 2.26. The van der Waals surface area contributed by atoms with Crippen molar-refractivity contribution in [3.05, 3.63) is 48.3 Å². The molecule has 112 valence electrons. The SMILES string of the molecule is CC(C)[C@@H](NC(=O)CCc1ccccn1)c1nccn1C. The Bertz CT molecular complexity index is 577. The Balaban J connectivity index is 1.95. The Kier molecular flexibility index (Phi) is 5.09. The van der Waals surface area contributed by atoms with E-state index in [0.29, 0.717) is 12.8 Å². The van der Waals surface area contributed by atoms with E-state index in [0.717, 1.165) is 11.5 Å². The van der Waals surface area contributed by atoms with Crippen molar-refractivity contribution in [1.82, 2.24) is 19.9 Å². The monoisotopic (exact) mass is 286 g/mol. The van der Waals surface area contributed by atoms with Crippen molar-refractivity contribution in [3.63, 3.8) is 0 Å². The molecule has 1 amide bonds. The van der Waals surface area contributed by atoms with Gasteiger partial charge in [-0.2, -0.15) is 0 Å². The van der Waals surface area contributed by atoms with Crippen molar-refractivity contribution in [3.8, 4) is 0 Å². The number of imidazole rings is 1. The Hall–Kier alpha value is -2.17. The quantitative estimate of drug-likeness (QED) is 0.886. The van der Waals surface area contributed by atoms with Crippen molar-refractivity contribution in [1.29, 1.82) is 0 Å². The predicted molar refractivity (Wildman–Crippen MR) is 81.5 cm³/mol. The molecule has 2 heterocycles. The van der Waals surface area contributed by atoms with Gasteiger partial charge in [0.25, 0.3) is 0 Å². The molecule has 0 spiro atoms. The Morgan fingerprint density at radius 1 is 1.29 bits per heavy atom. The van der Waals surface area contributed by atoms with Crippen LogP contribution in [-0.4, -0.2) is 20.4 Å². The molecule has 0 aliphatic heterocycles. The molecule has 21 heavy (non-hydrogen) atoms. The maximum absolute atomic E-state index is 12.2. The third-order valence-electron chi connectivity index (χ3n) is 3.45. The van der Waals surface area contributed by atoms with Crippen LogP contribution < -0.4 is 5.32 Å². The van der Waals surface area contributed by atoms with Crippen LogP contribution in [-0.2, 0) is 18.3 Å². The Morgan fingerprint density at radius 2 is 2.10 bits per heavy atom. The first-order valence-electron chi connectivity index (χ1n) is 7.24. The zero-order valence-electron chi connectivity index (χ0n) is 12.8. The molecule has 0 saturated heterocycles. The molecule has 0 aliphatic rings. The van der Waals surface area contributed by atoms with Gasteiger partial charge >= 0.3 is 0 Å². The fourth-order valence-corrected chi connectivity index (χ4v) is 2.24. The maximum Gasteiger partial charge on any atom is 0.220 e. The summed E-state index contributed by atoms with van der Waals surface area (Å²) in [5.41, 5.74) is 0.936. The van der Waals surface area contributed by atoms with Crippen LogP contribution >= 0.6 is 0 Å². The highest BCUT2D eigenvalue weighted by Crippen LogP contribution is 2.19. The van der Waals surface area contributed by atoms with Gasteiger partial charge in [-0.25, -0.2) is 4.98 Å². The van der Waals surface area contributed by atoms with Crippen LogP contribution in [0.4, 0.5) is 0 Å². The van der Waals surface area contributed by atoms with E-state index in [1.807, 2.05) is 36.0 Å². The average Bonchev–Trinajstić information content (AvgIpc) is 2.89. The third kappa shape index (κ3) is 4.15. The molecule has 5 nitrogen and oxygen atoms in total. The number of amides is 1. The van der Waals surface area contributed by atoms with Gasteiger partial charge in [0.05, 0.1) is 6.04 Å². The number of aryl methyl sites for hydroxylation is 2. The van der Waals surface area contributed by atoms with E-state index in [1.165, 1.54) is 0 Å². The number of hydrogen-bond acceptors (Lipinski definition) is 3. The molecule has 2 aromatic rings. The number of carbonyl (C=O) groups is 1. The third-order valence-corrected chi connectivity index (χ3v) is 3.45. The zero-order chi connectivity index (χ0) is 15.2. The Morgan fingerprint density at radius 3 is 2.67 bits per heavy atom. The average molecular weight is 286 g/mol. The highest BCUT2D eigenvalue weighted by Gasteiger charge is 2.21. The van der Waals surface area contributed by atoms with Gasteiger partial charge in [-0.05, 0) is 24.5 Å². The summed E-state index contributed by atoms with van der Waals surface area (Å²) in [5.74, 6) is 1.20. The summed E-state index contributed by atoms with van der Waals surface area (Å²) >= 11 is 0. The maximum atomic E-state index is 12.2. The lowest BCUT2D eigenvalue weighted by molar-refractivity contribution is -0.122. The number of aromatic nitrogens is 3. The van der Waals surface area contributed by atoms with Gasteiger partial charge in [0, 0.05) is 37.8 Å². The number of pyridine rings is 1. The van der Waals surface area contributed by atoms with E-state index >= 15 is 0 Å². The second-order valence-corrected chi connectivity index (χ2v) is 5.51. The fourth-order valence-electron chi connectivity index (χ4n) is 2.24. The first kappa shape index (κ1) is 15.2. The fraction of sp³-hybridized carbons (Fsp3) is 0.438. The number of hydrogen-bond donors (Lipinski definition) is 1. The lowest BCUT2D eigenvalue weighted by Crippen LogP contribution is -2.33. The van der Waals surface area contributed by atoms with Gasteiger partial charge in [0.2, 0.25) is 5.91 Å². The van der Waals surface area contributed by atoms with Gasteiger partial charge in [-0.3, -0.25) is 9.78 Å². The highest BCUT2D eigenvalue weighted by molar-refractivity contribution is 5.76. The van der Waals surface area contributed by atoms with E-state index in [4.69, 9.17) is 0 Å². The number of carbonyl (C=O) groups excluding carboxylic acids is 1. The highest BCUT2D eigenvalue weighted by atomic mass is 16.1. The molecule has 0 radical (unpaired) electrons. The van der Waals surface area contributed by atoms with Crippen molar-refractivity contribution < 1.29 is 4.79 Å². The second kappa shape index (κ2) is 7.02. The minimum Gasteiger partial charge on any atom is -0.346 e. The van der Waals surface area contributed by atoms with Gasteiger partial charge in [0.15, 0.2) is 0 Å². The van der Waals surface area contributed by atoms with Gasteiger partial charge in [-0.1, -0.05) is 19.9 Å². The first-order chi connectivity index (χ1) is 10.1. The van der Waals surface area contributed by atoms with Crippen molar-refractivity contribution in [2.24, 2.45) is 13.0 Å². The summed E-state index contributed by atoms with van der Waals surface area (Å²) in [6, 6.07) is 5.68. The van der Waals surface area contributed by atoms with Crippen LogP contribution in [0, 0.1) is 5.92 Å². The summed E-state index contributed by atoms with van der Waals surface area (Å²) in [6.45, 7) is 4.16. The van der Waals surface area contributed by atoms with E-state index in [2.05, 4.69) is 29.1 Å². The largest absolute Gasteiger partial charge is 0.346 e. The molecule has 1 atom stereocenters. The first-order valence-corrected chi connectivity index (χ1v) is 7.24. The van der Waals surface area contributed by atoms with Crippen LogP contribution in [0.1, 0.15) is 37.8 Å². The smallest absolute Gasteiger partial charge is 0.220 e. The van der Waals surface area contributed by atoms with Gasteiger partial charge in [0.1, 0.15) is 5.82 Å². The minimum atomic E-state index is -0.0683.